The first-order valence-electron chi connectivity index (χ1n) is 6.02. The number of piperidine rings is 1. The Kier molecular flexibility index (Phi) is 3.95. The minimum atomic E-state index is 0.669. The molecule has 16 heavy (non-hydrogen) atoms. The lowest BCUT2D eigenvalue weighted by Gasteiger charge is -2.36. The number of hydrogen-bond donors (Lipinski definition) is 1. The molecule has 90 valence electrons. The van der Waals surface area contributed by atoms with Crippen LogP contribution >= 0.6 is 11.3 Å². The minimum Gasteiger partial charge on any atom is -0.330 e. The summed E-state index contributed by atoms with van der Waals surface area (Å²) >= 11 is 1.81. The standard InChI is InChI=1S/C12H21N3S/c1-9-3-4-15(7-11(9)5-13)8-12-6-14-10(2)16-12/h6,9,11H,3-5,7-8,13H2,1-2H3. The SMILES string of the molecule is Cc1ncc(CN2CCC(C)C(CN)C2)s1. The van der Waals surface area contributed by atoms with Gasteiger partial charge in [0.1, 0.15) is 0 Å². The Morgan fingerprint density at radius 3 is 3.06 bits per heavy atom. The lowest BCUT2D eigenvalue weighted by Crippen LogP contribution is -2.42. The van der Waals surface area contributed by atoms with E-state index in [1.165, 1.54) is 17.8 Å². The van der Waals surface area contributed by atoms with Crippen molar-refractivity contribution in [2.45, 2.75) is 26.8 Å². The second kappa shape index (κ2) is 5.25. The van der Waals surface area contributed by atoms with E-state index in [1.54, 1.807) is 11.3 Å². The molecule has 1 aromatic rings. The van der Waals surface area contributed by atoms with Gasteiger partial charge in [0.2, 0.25) is 0 Å². The van der Waals surface area contributed by atoms with Crippen LogP contribution in [0, 0.1) is 18.8 Å². The van der Waals surface area contributed by atoms with Gasteiger partial charge in [-0.25, -0.2) is 4.98 Å². The molecule has 0 aliphatic carbocycles. The van der Waals surface area contributed by atoms with Crippen LogP contribution in [-0.2, 0) is 6.54 Å². The molecule has 2 unspecified atom stereocenters. The lowest BCUT2D eigenvalue weighted by molar-refractivity contribution is 0.127. The lowest BCUT2D eigenvalue weighted by atomic mass is 9.87. The van der Waals surface area contributed by atoms with Crippen LogP contribution in [0.5, 0.6) is 0 Å². The number of rotatable bonds is 3. The Labute approximate surface area is 102 Å². The first-order valence-corrected chi connectivity index (χ1v) is 6.84. The number of nitrogens with two attached hydrogens (primary N) is 1. The van der Waals surface area contributed by atoms with E-state index in [9.17, 15) is 0 Å². The highest BCUT2D eigenvalue weighted by Crippen LogP contribution is 2.24. The zero-order chi connectivity index (χ0) is 11.5. The van der Waals surface area contributed by atoms with Gasteiger partial charge in [-0.1, -0.05) is 6.92 Å². The number of nitrogens with zero attached hydrogens (tertiary/aromatic N) is 2. The molecule has 2 rings (SSSR count). The highest BCUT2D eigenvalue weighted by molar-refractivity contribution is 7.11. The van der Waals surface area contributed by atoms with Gasteiger partial charge in [-0.3, -0.25) is 4.90 Å². The predicted molar refractivity (Wildman–Crippen MR) is 68.5 cm³/mol. The summed E-state index contributed by atoms with van der Waals surface area (Å²) in [5.41, 5.74) is 5.82. The average Bonchev–Trinajstić information content (AvgIpc) is 2.67. The highest BCUT2D eigenvalue weighted by atomic mass is 32.1. The summed E-state index contributed by atoms with van der Waals surface area (Å²) in [7, 11) is 0. The first-order chi connectivity index (χ1) is 7.69. The Hall–Kier alpha value is -0.450. The van der Waals surface area contributed by atoms with Crippen LogP contribution in [0.15, 0.2) is 6.20 Å². The molecule has 2 heterocycles. The molecule has 1 aromatic heterocycles. The molecule has 0 saturated carbocycles. The molecule has 0 aromatic carbocycles. The van der Waals surface area contributed by atoms with Crippen molar-refractivity contribution in [3.05, 3.63) is 16.1 Å². The van der Waals surface area contributed by atoms with Crippen molar-refractivity contribution in [1.29, 1.82) is 0 Å². The van der Waals surface area contributed by atoms with E-state index in [1.807, 2.05) is 6.20 Å². The molecule has 2 atom stereocenters. The van der Waals surface area contributed by atoms with Crippen LogP contribution < -0.4 is 5.73 Å². The van der Waals surface area contributed by atoms with Crippen molar-refractivity contribution in [3.63, 3.8) is 0 Å². The van der Waals surface area contributed by atoms with Crippen LogP contribution in [0.2, 0.25) is 0 Å². The van der Waals surface area contributed by atoms with Crippen LogP contribution in [0.4, 0.5) is 0 Å². The van der Waals surface area contributed by atoms with Gasteiger partial charge in [-0.2, -0.15) is 0 Å². The third kappa shape index (κ3) is 2.81. The number of hydrogen-bond acceptors (Lipinski definition) is 4. The summed E-state index contributed by atoms with van der Waals surface area (Å²) in [4.78, 5) is 8.20. The molecule has 0 bridgehead atoms. The molecule has 0 radical (unpaired) electrons. The topological polar surface area (TPSA) is 42.2 Å². The Balaban J connectivity index is 1.91. The maximum absolute atomic E-state index is 5.82. The number of likely N-dealkylation sites (tertiary alicyclic amines) is 1. The fraction of sp³-hybridized carbons (Fsp3) is 0.750. The Morgan fingerprint density at radius 1 is 1.62 bits per heavy atom. The van der Waals surface area contributed by atoms with Gasteiger partial charge in [-0.05, 0) is 38.3 Å². The summed E-state index contributed by atoms with van der Waals surface area (Å²) in [6.07, 6.45) is 3.29. The third-order valence-electron chi connectivity index (χ3n) is 3.55. The van der Waals surface area contributed by atoms with Crippen molar-refractivity contribution in [2.24, 2.45) is 17.6 Å². The molecule has 0 amide bonds. The number of aryl methyl sites for hydroxylation is 1. The second-order valence-electron chi connectivity index (χ2n) is 4.84. The molecule has 3 nitrogen and oxygen atoms in total. The predicted octanol–water partition coefficient (Wildman–Crippen LogP) is 1.87. The fourth-order valence-corrected chi connectivity index (χ4v) is 3.21. The van der Waals surface area contributed by atoms with Crippen molar-refractivity contribution >= 4 is 11.3 Å². The zero-order valence-electron chi connectivity index (χ0n) is 10.1. The molecular weight excluding hydrogens is 218 g/mol. The van der Waals surface area contributed by atoms with E-state index in [0.717, 1.165) is 30.6 Å². The van der Waals surface area contributed by atoms with Gasteiger partial charge < -0.3 is 5.73 Å². The molecular formula is C12H21N3S. The summed E-state index contributed by atoms with van der Waals surface area (Å²) in [5, 5.41) is 1.16. The minimum absolute atomic E-state index is 0.669. The van der Waals surface area contributed by atoms with Gasteiger partial charge in [0.25, 0.3) is 0 Å². The van der Waals surface area contributed by atoms with Gasteiger partial charge in [0, 0.05) is 24.2 Å². The summed E-state index contributed by atoms with van der Waals surface area (Å²) < 4.78 is 0. The van der Waals surface area contributed by atoms with Gasteiger partial charge >= 0.3 is 0 Å². The largest absolute Gasteiger partial charge is 0.330 e. The molecule has 1 fully saturated rings. The van der Waals surface area contributed by atoms with Crippen LogP contribution in [0.25, 0.3) is 0 Å². The monoisotopic (exact) mass is 239 g/mol. The summed E-state index contributed by atoms with van der Waals surface area (Å²) in [6.45, 7) is 8.61. The normalized spacial score (nSPS) is 27.2. The van der Waals surface area contributed by atoms with Crippen molar-refractivity contribution in [1.82, 2.24) is 9.88 Å². The average molecular weight is 239 g/mol. The molecule has 1 aliphatic heterocycles. The quantitative estimate of drug-likeness (QED) is 0.875. The van der Waals surface area contributed by atoms with E-state index >= 15 is 0 Å². The van der Waals surface area contributed by atoms with Crippen molar-refractivity contribution < 1.29 is 0 Å². The molecule has 2 N–H and O–H groups in total. The van der Waals surface area contributed by atoms with E-state index < -0.39 is 0 Å². The Morgan fingerprint density at radius 2 is 2.44 bits per heavy atom. The van der Waals surface area contributed by atoms with Gasteiger partial charge in [0.15, 0.2) is 0 Å². The summed E-state index contributed by atoms with van der Waals surface area (Å²) in [5.74, 6) is 1.45. The van der Waals surface area contributed by atoms with Gasteiger partial charge in [0.05, 0.1) is 5.01 Å². The maximum Gasteiger partial charge on any atom is 0.0897 e. The van der Waals surface area contributed by atoms with Crippen molar-refractivity contribution in [3.8, 4) is 0 Å². The van der Waals surface area contributed by atoms with E-state index in [0.29, 0.717) is 5.92 Å². The van der Waals surface area contributed by atoms with Crippen LogP contribution in [-0.4, -0.2) is 29.5 Å². The third-order valence-corrected chi connectivity index (χ3v) is 4.45. The Bertz CT molecular complexity index is 337. The van der Waals surface area contributed by atoms with E-state index in [4.69, 9.17) is 5.73 Å². The van der Waals surface area contributed by atoms with Crippen molar-refractivity contribution in [2.75, 3.05) is 19.6 Å². The molecule has 0 spiro atoms. The van der Waals surface area contributed by atoms with Gasteiger partial charge in [-0.15, -0.1) is 11.3 Å². The first kappa shape index (κ1) is 12.0. The zero-order valence-corrected chi connectivity index (χ0v) is 11.0. The van der Waals surface area contributed by atoms with E-state index in [-0.39, 0.29) is 0 Å². The number of thiazole rings is 1. The smallest absolute Gasteiger partial charge is 0.0897 e. The van der Waals surface area contributed by atoms with E-state index in [2.05, 4.69) is 23.7 Å². The molecule has 4 heteroatoms. The fourth-order valence-electron chi connectivity index (χ4n) is 2.37. The van der Waals surface area contributed by atoms with Crippen LogP contribution in [0.1, 0.15) is 23.2 Å². The number of aromatic nitrogens is 1. The highest BCUT2D eigenvalue weighted by Gasteiger charge is 2.25. The maximum atomic E-state index is 5.82. The molecule has 1 aliphatic rings. The molecule has 1 saturated heterocycles. The van der Waals surface area contributed by atoms with Crippen LogP contribution in [0.3, 0.4) is 0 Å². The summed E-state index contributed by atoms with van der Waals surface area (Å²) in [6, 6.07) is 0. The second-order valence-corrected chi connectivity index (χ2v) is 6.16.